The van der Waals surface area contributed by atoms with E-state index in [1.807, 2.05) is 6.07 Å². The van der Waals surface area contributed by atoms with Crippen LogP contribution in [0.5, 0.6) is 5.88 Å². The third kappa shape index (κ3) is 3.40. The van der Waals surface area contributed by atoms with E-state index in [0.717, 1.165) is 41.8 Å². The number of hydrogen-bond donors (Lipinski definition) is 1. The largest absolute Gasteiger partial charge is 0.481 e. The van der Waals surface area contributed by atoms with Gasteiger partial charge in [-0.2, -0.15) is 5.10 Å². The number of carbonyl (C=O) groups excluding carboxylic acids is 1. The van der Waals surface area contributed by atoms with Gasteiger partial charge in [0.15, 0.2) is 5.69 Å². The average Bonchev–Trinajstić information content (AvgIpc) is 3.30. The number of amides is 1. The molecule has 27 heavy (non-hydrogen) atoms. The monoisotopic (exact) mass is 366 g/mol. The van der Waals surface area contributed by atoms with Crippen LogP contribution in [0.4, 0.5) is 4.39 Å². The number of benzene rings is 1. The van der Waals surface area contributed by atoms with Gasteiger partial charge < -0.3 is 10.1 Å². The minimum Gasteiger partial charge on any atom is -0.481 e. The Morgan fingerprint density at radius 1 is 1.22 bits per heavy atom. The van der Waals surface area contributed by atoms with Crippen LogP contribution >= 0.6 is 0 Å². The first-order chi connectivity index (χ1) is 13.2. The summed E-state index contributed by atoms with van der Waals surface area (Å²) in [6.45, 7) is 0.355. The maximum absolute atomic E-state index is 13.2. The highest BCUT2D eigenvalue weighted by molar-refractivity contribution is 5.94. The molecule has 0 saturated carbocycles. The molecule has 0 saturated heterocycles. The second kappa shape index (κ2) is 7.19. The van der Waals surface area contributed by atoms with Gasteiger partial charge in [0.2, 0.25) is 5.88 Å². The molecule has 1 N–H and O–H groups in total. The lowest BCUT2D eigenvalue weighted by atomic mass is 10.2. The van der Waals surface area contributed by atoms with E-state index in [1.54, 1.807) is 36.2 Å². The molecule has 0 bridgehead atoms. The number of methoxy groups -OCH3 is 1. The molecule has 1 aromatic carbocycles. The van der Waals surface area contributed by atoms with Crippen molar-refractivity contribution in [3.05, 3.63) is 70.9 Å². The lowest BCUT2D eigenvalue weighted by Gasteiger charge is -2.06. The van der Waals surface area contributed by atoms with Crippen molar-refractivity contribution in [1.29, 1.82) is 0 Å². The molecule has 0 fully saturated rings. The molecule has 1 amide bonds. The molecule has 6 nitrogen and oxygen atoms in total. The Hall–Kier alpha value is -3.22. The molecule has 1 aliphatic carbocycles. The number of halogens is 1. The third-order valence-corrected chi connectivity index (χ3v) is 4.68. The molecule has 0 unspecified atom stereocenters. The van der Waals surface area contributed by atoms with Gasteiger partial charge in [0.05, 0.1) is 12.8 Å². The molecule has 1 aliphatic rings. The summed E-state index contributed by atoms with van der Waals surface area (Å²) < 4.78 is 20.0. The molecule has 2 aromatic heterocycles. The van der Waals surface area contributed by atoms with E-state index in [-0.39, 0.29) is 11.7 Å². The number of fused-ring (bicyclic) bond motifs is 1. The van der Waals surface area contributed by atoms with Crippen molar-refractivity contribution in [2.24, 2.45) is 0 Å². The molecule has 0 aliphatic heterocycles. The number of nitrogens with zero attached hydrogens (tertiary/aromatic N) is 3. The molecular formula is C20H19FN4O2. The van der Waals surface area contributed by atoms with E-state index in [0.29, 0.717) is 18.1 Å². The second-order valence-electron chi connectivity index (χ2n) is 6.41. The highest BCUT2D eigenvalue weighted by Gasteiger charge is 2.26. The maximum atomic E-state index is 13.2. The second-order valence-corrected chi connectivity index (χ2v) is 6.41. The molecule has 3 aromatic rings. The zero-order chi connectivity index (χ0) is 18.8. The lowest BCUT2D eigenvalue weighted by molar-refractivity contribution is 0.0944. The van der Waals surface area contributed by atoms with Crippen LogP contribution in [-0.2, 0) is 19.4 Å². The molecule has 138 valence electrons. The Bertz CT molecular complexity index is 965. The third-order valence-electron chi connectivity index (χ3n) is 4.68. The zero-order valence-electron chi connectivity index (χ0n) is 14.9. The quantitative estimate of drug-likeness (QED) is 0.754. The van der Waals surface area contributed by atoms with Crippen molar-refractivity contribution in [1.82, 2.24) is 20.1 Å². The van der Waals surface area contributed by atoms with Crippen LogP contribution in [0.2, 0.25) is 0 Å². The summed E-state index contributed by atoms with van der Waals surface area (Å²) in [6.07, 6.45) is 4.33. The van der Waals surface area contributed by atoms with Gasteiger partial charge in [0.25, 0.3) is 5.91 Å². The van der Waals surface area contributed by atoms with Gasteiger partial charge >= 0.3 is 0 Å². The Balaban J connectivity index is 1.55. The highest BCUT2D eigenvalue weighted by Crippen LogP contribution is 2.28. The van der Waals surface area contributed by atoms with Crippen LogP contribution in [0.25, 0.3) is 5.69 Å². The fourth-order valence-electron chi connectivity index (χ4n) is 3.32. The highest BCUT2D eigenvalue weighted by atomic mass is 19.1. The Labute approximate surface area is 156 Å². The van der Waals surface area contributed by atoms with Crippen LogP contribution in [0.1, 0.15) is 33.7 Å². The predicted octanol–water partition coefficient (Wildman–Crippen LogP) is 2.83. The first kappa shape index (κ1) is 17.2. The normalized spacial score (nSPS) is 12.7. The van der Waals surface area contributed by atoms with E-state index >= 15 is 0 Å². The van der Waals surface area contributed by atoms with Gasteiger partial charge in [0, 0.05) is 30.1 Å². The first-order valence-corrected chi connectivity index (χ1v) is 8.79. The summed E-state index contributed by atoms with van der Waals surface area (Å²) in [5.74, 6) is 0.0133. The smallest absolute Gasteiger partial charge is 0.272 e. The standard InChI is InChI=1S/C20H19FN4O2/c1-27-18-10-5-13(11-22-18)12-23-20(26)19-16-3-2-4-17(16)25(24-19)15-8-6-14(21)7-9-15/h5-11H,2-4,12H2,1H3,(H,23,26). The van der Waals surface area contributed by atoms with Crippen molar-refractivity contribution in [2.75, 3.05) is 7.11 Å². The SMILES string of the molecule is COc1ccc(CNC(=O)c2nn(-c3ccc(F)cc3)c3c2CCC3)cn1. The summed E-state index contributed by atoms with van der Waals surface area (Å²) >= 11 is 0. The molecule has 7 heteroatoms. The number of rotatable bonds is 5. The maximum Gasteiger partial charge on any atom is 0.272 e. The average molecular weight is 366 g/mol. The summed E-state index contributed by atoms with van der Waals surface area (Å²) in [5.41, 5.74) is 4.07. The predicted molar refractivity (Wildman–Crippen MR) is 97.5 cm³/mol. The lowest BCUT2D eigenvalue weighted by Crippen LogP contribution is -2.24. The van der Waals surface area contributed by atoms with Gasteiger partial charge in [-0.25, -0.2) is 14.1 Å². The molecule has 4 rings (SSSR count). The molecule has 2 heterocycles. The molecular weight excluding hydrogens is 347 g/mol. The molecule has 0 atom stereocenters. The van der Waals surface area contributed by atoms with Gasteiger partial charge in [-0.3, -0.25) is 4.79 Å². The topological polar surface area (TPSA) is 69.0 Å². The number of carbonyl (C=O) groups is 1. The van der Waals surface area contributed by atoms with Gasteiger partial charge in [-0.1, -0.05) is 6.07 Å². The summed E-state index contributed by atoms with van der Waals surface area (Å²) in [7, 11) is 1.56. The van der Waals surface area contributed by atoms with Crippen molar-refractivity contribution >= 4 is 5.91 Å². The van der Waals surface area contributed by atoms with Gasteiger partial charge in [-0.05, 0) is 49.1 Å². The zero-order valence-corrected chi connectivity index (χ0v) is 14.9. The Kier molecular flexibility index (Phi) is 4.58. The Morgan fingerprint density at radius 2 is 2.04 bits per heavy atom. The van der Waals surface area contributed by atoms with Gasteiger partial charge in [-0.15, -0.1) is 0 Å². The van der Waals surface area contributed by atoms with Gasteiger partial charge in [0.1, 0.15) is 5.82 Å². The number of nitrogens with one attached hydrogen (secondary N) is 1. The molecule has 0 radical (unpaired) electrons. The van der Waals surface area contributed by atoms with Crippen LogP contribution < -0.4 is 10.1 Å². The van der Waals surface area contributed by atoms with E-state index in [9.17, 15) is 9.18 Å². The van der Waals surface area contributed by atoms with Crippen LogP contribution in [-0.4, -0.2) is 27.8 Å². The number of pyridine rings is 1. The number of ether oxygens (including phenoxy) is 1. The van der Waals surface area contributed by atoms with Crippen LogP contribution in [0.3, 0.4) is 0 Å². The van der Waals surface area contributed by atoms with Crippen LogP contribution in [0, 0.1) is 5.82 Å². The summed E-state index contributed by atoms with van der Waals surface area (Å²) in [6, 6.07) is 9.75. The minimum absolute atomic E-state index is 0.218. The van der Waals surface area contributed by atoms with Crippen molar-refractivity contribution in [3.63, 3.8) is 0 Å². The van der Waals surface area contributed by atoms with Crippen molar-refractivity contribution in [3.8, 4) is 11.6 Å². The molecule has 0 spiro atoms. The van der Waals surface area contributed by atoms with Crippen molar-refractivity contribution in [2.45, 2.75) is 25.8 Å². The van der Waals surface area contributed by atoms with E-state index in [1.165, 1.54) is 12.1 Å². The van der Waals surface area contributed by atoms with Crippen molar-refractivity contribution < 1.29 is 13.9 Å². The fraction of sp³-hybridized carbons (Fsp3) is 0.250. The minimum atomic E-state index is -0.298. The van der Waals surface area contributed by atoms with Crippen LogP contribution in [0.15, 0.2) is 42.6 Å². The van der Waals surface area contributed by atoms with E-state index in [2.05, 4.69) is 15.4 Å². The summed E-state index contributed by atoms with van der Waals surface area (Å²) in [5, 5.41) is 7.42. The first-order valence-electron chi connectivity index (χ1n) is 8.79. The van der Waals surface area contributed by atoms with E-state index in [4.69, 9.17) is 4.74 Å². The fourth-order valence-corrected chi connectivity index (χ4v) is 3.32. The van der Waals surface area contributed by atoms with E-state index < -0.39 is 0 Å². The summed E-state index contributed by atoms with van der Waals surface area (Å²) in [4.78, 5) is 16.8. The number of aromatic nitrogens is 3. The number of hydrogen-bond acceptors (Lipinski definition) is 4. The Morgan fingerprint density at radius 3 is 2.74 bits per heavy atom.